The molecule has 0 amide bonds. The Labute approximate surface area is 85.3 Å². The van der Waals surface area contributed by atoms with Gasteiger partial charge < -0.3 is 10.8 Å². The number of aromatic hydroxyl groups is 1. The Morgan fingerprint density at radius 1 is 1.64 bits per heavy atom. The Morgan fingerprint density at radius 2 is 2.21 bits per heavy atom. The molecule has 0 saturated carbocycles. The standard InChI is InChI=1S/C9H9ClFNO2/c1-4(12)9(14)7-5(10)2-3-6(13)8(7)11/h2-4,13H,12H2,1H3. The van der Waals surface area contributed by atoms with Crippen LogP contribution < -0.4 is 5.73 Å². The normalized spacial score (nSPS) is 12.6. The Bertz CT molecular complexity index is 379. The van der Waals surface area contributed by atoms with Crippen LogP contribution in [0.5, 0.6) is 5.75 Å². The fourth-order valence-corrected chi connectivity index (χ4v) is 1.23. The first-order chi connectivity index (χ1) is 6.45. The molecule has 1 aromatic carbocycles. The summed E-state index contributed by atoms with van der Waals surface area (Å²) in [5.74, 6) is -2.28. The molecule has 0 aliphatic rings. The number of Topliss-reactive ketones (excluding diaryl/α,β-unsaturated/α-hetero) is 1. The summed E-state index contributed by atoms with van der Waals surface area (Å²) in [4.78, 5) is 11.4. The summed E-state index contributed by atoms with van der Waals surface area (Å²) < 4.78 is 13.3. The average molecular weight is 218 g/mol. The lowest BCUT2D eigenvalue weighted by Gasteiger charge is -2.08. The van der Waals surface area contributed by atoms with Gasteiger partial charge in [0.05, 0.1) is 16.6 Å². The minimum absolute atomic E-state index is 0.0531. The molecule has 0 fully saturated rings. The van der Waals surface area contributed by atoms with Crippen LogP contribution in [0.4, 0.5) is 4.39 Å². The van der Waals surface area contributed by atoms with Crippen molar-refractivity contribution >= 4 is 17.4 Å². The molecule has 5 heteroatoms. The highest BCUT2D eigenvalue weighted by Crippen LogP contribution is 2.27. The van der Waals surface area contributed by atoms with E-state index < -0.39 is 23.4 Å². The monoisotopic (exact) mass is 217 g/mol. The lowest BCUT2D eigenvalue weighted by molar-refractivity contribution is 0.0963. The van der Waals surface area contributed by atoms with Gasteiger partial charge >= 0.3 is 0 Å². The molecule has 1 aromatic rings. The second kappa shape index (κ2) is 3.94. The maximum atomic E-state index is 13.3. The van der Waals surface area contributed by atoms with E-state index in [1.54, 1.807) is 0 Å². The lowest BCUT2D eigenvalue weighted by atomic mass is 10.0. The Morgan fingerprint density at radius 3 is 2.71 bits per heavy atom. The van der Waals surface area contributed by atoms with Crippen molar-refractivity contribution in [2.24, 2.45) is 5.73 Å². The van der Waals surface area contributed by atoms with Gasteiger partial charge in [-0.15, -0.1) is 0 Å². The van der Waals surface area contributed by atoms with Gasteiger partial charge in [-0.05, 0) is 19.1 Å². The molecule has 0 aliphatic carbocycles. The number of hydrogen-bond donors (Lipinski definition) is 2. The van der Waals surface area contributed by atoms with E-state index in [0.717, 1.165) is 6.07 Å². The Hall–Kier alpha value is -1.13. The average Bonchev–Trinajstić information content (AvgIpc) is 2.12. The topological polar surface area (TPSA) is 63.3 Å². The highest BCUT2D eigenvalue weighted by molar-refractivity contribution is 6.34. The third kappa shape index (κ3) is 1.86. The summed E-state index contributed by atoms with van der Waals surface area (Å²) >= 11 is 5.61. The zero-order valence-electron chi connectivity index (χ0n) is 7.42. The van der Waals surface area contributed by atoms with Gasteiger partial charge in [0.15, 0.2) is 17.3 Å². The van der Waals surface area contributed by atoms with Crippen LogP contribution in [0, 0.1) is 5.82 Å². The predicted octanol–water partition coefficient (Wildman–Crippen LogP) is 1.71. The van der Waals surface area contributed by atoms with Crippen molar-refractivity contribution in [1.82, 2.24) is 0 Å². The van der Waals surface area contributed by atoms with E-state index >= 15 is 0 Å². The van der Waals surface area contributed by atoms with Crippen molar-refractivity contribution < 1.29 is 14.3 Å². The van der Waals surface area contributed by atoms with Crippen molar-refractivity contribution in [2.75, 3.05) is 0 Å². The van der Waals surface area contributed by atoms with Crippen LogP contribution in [-0.2, 0) is 0 Å². The lowest BCUT2D eigenvalue weighted by Crippen LogP contribution is -2.27. The van der Waals surface area contributed by atoms with Gasteiger partial charge in [-0.1, -0.05) is 11.6 Å². The number of phenols is 1. The van der Waals surface area contributed by atoms with Gasteiger partial charge in [-0.2, -0.15) is 0 Å². The molecule has 1 unspecified atom stereocenters. The van der Waals surface area contributed by atoms with Gasteiger partial charge in [0, 0.05) is 0 Å². The molecule has 0 aromatic heterocycles. The fourth-order valence-electron chi connectivity index (χ4n) is 0.995. The number of benzene rings is 1. The van der Waals surface area contributed by atoms with Gasteiger partial charge in [0.2, 0.25) is 0 Å². The smallest absolute Gasteiger partial charge is 0.183 e. The van der Waals surface area contributed by atoms with Crippen LogP contribution in [-0.4, -0.2) is 16.9 Å². The summed E-state index contributed by atoms with van der Waals surface area (Å²) in [6.45, 7) is 1.42. The van der Waals surface area contributed by atoms with Crippen molar-refractivity contribution in [3.63, 3.8) is 0 Å². The number of hydrogen-bond acceptors (Lipinski definition) is 3. The summed E-state index contributed by atoms with van der Waals surface area (Å²) in [6.07, 6.45) is 0. The summed E-state index contributed by atoms with van der Waals surface area (Å²) in [5.41, 5.74) is 4.94. The number of nitrogens with two attached hydrogens (primary N) is 1. The first-order valence-corrected chi connectivity index (χ1v) is 4.29. The number of phenolic OH excluding ortho intramolecular Hbond substituents is 1. The zero-order chi connectivity index (χ0) is 10.9. The highest BCUT2D eigenvalue weighted by atomic mass is 35.5. The number of carbonyl (C=O) groups is 1. The predicted molar refractivity (Wildman–Crippen MR) is 51.1 cm³/mol. The minimum Gasteiger partial charge on any atom is -0.505 e. The number of carbonyl (C=O) groups excluding carboxylic acids is 1. The molecule has 76 valence electrons. The van der Waals surface area contributed by atoms with Crippen LogP contribution in [0.1, 0.15) is 17.3 Å². The molecule has 3 nitrogen and oxygen atoms in total. The third-order valence-corrected chi connectivity index (χ3v) is 2.05. The molecule has 1 atom stereocenters. The van der Waals surface area contributed by atoms with Crippen molar-refractivity contribution in [1.29, 1.82) is 0 Å². The maximum Gasteiger partial charge on any atom is 0.183 e. The summed E-state index contributed by atoms with van der Waals surface area (Å²) in [7, 11) is 0. The molecular formula is C9H9ClFNO2. The Kier molecular flexibility index (Phi) is 3.08. The number of halogens is 2. The first kappa shape index (κ1) is 10.9. The van der Waals surface area contributed by atoms with Crippen LogP contribution in [0.3, 0.4) is 0 Å². The van der Waals surface area contributed by atoms with E-state index in [9.17, 15) is 9.18 Å². The molecule has 0 heterocycles. The summed E-state index contributed by atoms with van der Waals surface area (Å²) in [6, 6.07) is 1.47. The Balaban J connectivity index is 3.33. The van der Waals surface area contributed by atoms with Crippen molar-refractivity contribution in [2.45, 2.75) is 13.0 Å². The van der Waals surface area contributed by atoms with E-state index in [-0.39, 0.29) is 10.6 Å². The van der Waals surface area contributed by atoms with E-state index in [2.05, 4.69) is 0 Å². The number of ketones is 1. The third-order valence-electron chi connectivity index (χ3n) is 1.73. The first-order valence-electron chi connectivity index (χ1n) is 3.92. The number of rotatable bonds is 2. The minimum atomic E-state index is -1.03. The maximum absolute atomic E-state index is 13.3. The second-order valence-electron chi connectivity index (χ2n) is 2.91. The zero-order valence-corrected chi connectivity index (χ0v) is 8.18. The largest absolute Gasteiger partial charge is 0.505 e. The van der Waals surface area contributed by atoms with Crippen LogP contribution in [0.2, 0.25) is 5.02 Å². The molecule has 0 bridgehead atoms. The summed E-state index contributed by atoms with van der Waals surface area (Å²) in [5, 5.41) is 8.98. The molecule has 0 spiro atoms. The van der Waals surface area contributed by atoms with Crippen molar-refractivity contribution in [3.8, 4) is 5.75 Å². The SMILES string of the molecule is CC(N)C(=O)c1c(Cl)ccc(O)c1F. The van der Waals surface area contributed by atoms with Gasteiger partial charge in [0.25, 0.3) is 0 Å². The van der Waals surface area contributed by atoms with E-state index in [4.69, 9.17) is 22.4 Å². The second-order valence-corrected chi connectivity index (χ2v) is 3.32. The molecule has 0 aliphatic heterocycles. The van der Waals surface area contributed by atoms with Crippen LogP contribution in [0.25, 0.3) is 0 Å². The van der Waals surface area contributed by atoms with Gasteiger partial charge in [-0.3, -0.25) is 4.79 Å². The van der Waals surface area contributed by atoms with Crippen LogP contribution >= 0.6 is 11.6 Å². The van der Waals surface area contributed by atoms with Gasteiger partial charge in [-0.25, -0.2) is 4.39 Å². The molecule has 14 heavy (non-hydrogen) atoms. The molecule has 0 saturated heterocycles. The highest BCUT2D eigenvalue weighted by Gasteiger charge is 2.21. The molecule has 0 radical (unpaired) electrons. The molecular weight excluding hydrogens is 209 g/mol. The van der Waals surface area contributed by atoms with E-state index in [1.807, 2.05) is 0 Å². The fraction of sp³-hybridized carbons (Fsp3) is 0.222. The molecule has 3 N–H and O–H groups in total. The van der Waals surface area contributed by atoms with Crippen LogP contribution in [0.15, 0.2) is 12.1 Å². The van der Waals surface area contributed by atoms with Crippen molar-refractivity contribution in [3.05, 3.63) is 28.5 Å². The quantitative estimate of drug-likeness (QED) is 0.742. The van der Waals surface area contributed by atoms with Gasteiger partial charge in [0.1, 0.15) is 0 Å². The van der Waals surface area contributed by atoms with E-state index in [1.165, 1.54) is 13.0 Å². The molecule has 1 rings (SSSR count). The van der Waals surface area contributed by atoms with E-state index in [0.29, 0.717) is 0 Å².